The first-order valence-electron chi connectivity index (χ1n) is 12.0. The van der Waals surface area contributed by atoms with Gasteiger partial charge >= 0.3 is 6.03 Å². The van der Waals surface area contributed by atoms with Crippen LogP contribution in [-0.2, 0) is 24.1 Å². The molecule has 0 bridgehead atoms. The minimum atomic E-state index is -0.651. The molecule has 1 N–H and O–H groups in total. The number of carbonyl (C=O) groups is 1. The molecule has 0 saturated heterocycles. The molecule has 1 aromatic carbocycles. The second-order valence-corrected chi connectivity index (χ2v) is 9.90. The van der Waals surface area contributed by atoms with Gasteiger partial charge in [-0.25, -0.2) is 13.6 Å². The van der Waals surface area contributed by atoms with Crippen LogP contribution in [0.1, 0.15) is 59.5 Å². The normalized spacial score (nSPS) is 17.0. The number of ether oxygens (including phenoxy) is 1. The number of nitrogens with zero attached hydrogens (tertiary/aromatic N) is 2. The fourth-order valence-electron chi connectivity index (χ4n) is 5.09. The first kappa shape index (κ1) is 23.1. The molecule has 1 aliphatic carbocycles. The van der Waals surface area contributed by atoms with Gasteiger partial charge < -0.3 is 19.5 Å². The molecule has 0 spiro atoms. The Kier molecular flexibility index (Phi) is 6.70. The quantitative estimate of drug-likeness (QED) is 0.453. The number of aryl methyl sites for hydroxylation is 1. The zero-order chi connectivity index (χ0) is 23.7. The van der Waals surface area contributed by atoms with Crippen LogP contribution in [0.25, 0.3) is 5.00 Å². The van der Waals surface area contributed by atoms with Crippen molar-refractivity contribution in [1.82, 2.24) is 14.8 Å². The summed E-state index contributed by atoms with van der Waals surface area (Å²) >= 11 is 1.78. The van der Waals surface area contributed by atoms with E-state index in [9.17, 15) is 13.6 Å². The van der Waals surface area contributed by atoms with Crippen LogP contribution in [0.5, 0.6) is 0 Å². The highest BCUT2D eigenvalue weighted by molar-refractivity contribution is 7.15. The molecule has 0 radical (unpaired) electrons. The van der Waals surface area contributed by atoms with Crippen molar-refractivity contribution in [3.8, 4) is 5.00 Å². The maximum absolute atomic E-state index is 14.3. The zero-order valence-corrected chi connectivity index (χ0v) is 20.1. The number of amides is 2. The first-order chi connectivity index (χ1) is 16.6. The Labute approximate surface area is 202 Å². The van der Waals surface area contributed by atoms with Gasteiger partial charge in [-0.05, 0) is 74.4 Å². The van der Waals surface area contributed by atoms with Gasteiger partial charge in [0, 0.05) is 42.5 Å². The van der Waals surface area contributed by atoms with Crippen molar-refractivity contribution in [2.45, 2.75) is 51.6 Å². The van der Waals surface area contributed by atoms with Gasteiger partial charge in [0.05, 0.1) is 12.2 Å². The molecule has 8 heteroatoms. The van der Waals surface area contributed by atoms with Gasteiger partial charge in [0.2, 0.25) is 0 Å². The minimum Gasteiger partial charge on any atom is -0.382 e. The summed E-state index contributed by atoms with van der Waals surface area (Å²) in [5, 5.41) is 4.12. The predicted octanol–water partition coefficient (Wildman–Crippen LogP) is 5.74. The topological polar surface area (TPSA) is 46.5 Å². The lowest BCUT2D eigenvalue weighted by Crippen LogP contribution is -2.42. The van der Waals surface area contributed by atoms with Crippen LogP contribution < -0.4 is 5.32 Å². The summed E-state index contributed by atoms with van der Waals surface area (Å²) in [5.74, 6) is -1.30. The Hall–Kier alpha value is -2.71. The lowest BCUT2D eigenvalue weighted by Gasteiger charge is -2.31. The maximum atomic E-state index is 14.3. The molecule has 34 heavy (non-hydrogen) atoms. The number of carbonyl (C=O) groups excluding carboxylic acids is 1. The monoisotopic (exact) mass is 485 g/mol. The summed E-state index contributed by atoms with van der Waals surface area (Å²) in [7, 11) is 0. The van der Waals surface area contributed by atoms with E-state index in [4.69, 9.17) is 4.74 Å². The van der Waals surface area contributed by atoms with Gasteiger partial charge in [-0.1, -0.05) is 0 Å². The third kappa shape index (κ3) is 4.36. The Morgan fingerprint density at radius 1 is 1.18 bits per heavy atom. The Morgan fingerprint density at radius 3 is 2.76 bits per heavy atom. The third-order valence-electron chi connectivity index (χ3n) is 6.59. The van der Waals surface area contributed by atoms with Crippen molar-refractivity contribution < 1.29 is 18.3 Å². The molecule has 180 valence electrons. The molecule has 2 aromatic heterocycles. The molecule has 3 aromatic rings. The van der Waals surface area contributed by atoms with Crippen LogP contribution in [0.15, 0.2) is 36.5 Å². The summed E-state index contributed by atoms with van der Waals surface area (Å²) in [6.45, 7) is 4.00. The van der Waals surface area contributed by atoms with Gasteiger partial charge in [-0.2, -0.15) is 0 Å². The standard InChI is InChI=1S/C26H29F2N3O2S/c1-2-33-12-6-10-29-26(32)31-16-21-20-7-3-4-9-23(20)34-25(21)30-11-5-8-22(30)24(31)17-13-18(27)15-19(28)14-17/h5,8,11,13-15,24H,2-4,6-7,9-10,12,16H2,1H3,(H,29,32)/t24-/m1/s1. The van der Waals surface area contributed by atoms with Crippen molar-refractivity contribution in [3.63, 3.8) is 0 Å². The van der Waals surface area contributed by atoms with Crippen LogP contribution in [0.2, 0.25) is 0 Å². The number of nitrogens with one attached hydrogen (secondary N) is 1. The zero-order valence-electron chi connectivity index (χ0n) is 19.3. The molecular weight excluding hydrogens is 456 g/mol. The predicted molar refractivity (Wildman–Crippen MR) is 129 cm³/mol. The van der Waals surface area contributed by atoms with Gasteiger partial charge in [0.15, 0.2) is 0 Å². The molecule has 3 heterocycles. The van der Waals surface area contributed by atoms with Gasteiger partial charge in [-0.3, -0.25) is 0 Å². The molecule has 0 unspecified atom stereocenters. The number of benzene rings is 1. The molecule has 0 fully saturated rings. The average Bonchev–Trinajstić information content (AvgIpc) is 3.40. The van der Waals surface area contributed by atoms with Gasteiger partial charge in [0.1, 0.15) is 22.7 Å². The average molecular weight is 486 g/mol. The lowest BCUT2D eigenvalue weighted by atomic mass is 9.95. The van der Waals surface area contributed by atoms with Crippen LogP contribution in [0.4, 0.5) is 13.6 Å². The summed E-state index contributed by atoms with van der Waals surface area (Å²) < 4.78 is 36.1. The van der Waals surface area contributed by atoms with Crippen LogP contribution in [0, 0.1) is 11.6 Å². The first-order valence-corrected chi connectivity index (χ1v) is 12.8. The van der Waals surface area contributed by atoms with Crippen molar-refractivity contribution in [3.05, 3.63) is 75.4 Å². The number of fused-ring (bicyclic) bond motifs is 5. The van der Waals surface area contributed by atoms with E-state index < -0.39 is 17.7 Å². The maximum Gasteiger partial charge on any atom is 0.318 e. The minimum absolute atomic E-state index is 0.248. The summed E-state index contributed by atoms with van der Waals surface area (Å²) in [4.78, 5) is 16.7. The fourth-order valence-corrected chi connectivity index (χ4v) is 6.49. The number of rotatable bonds is 6. The highest BCUT2D eigenvalue weighted by Crippen LogP contribution is 2.44. The fraction of sp³-hybridized carbons (Fsp3) is 0.423. The molecule has 1 atom stereocenters. The smallest absolute Gasteiger partial charge is 0.318 e. The van der Waals surface area contributed by atoms with Crippen molar-refractivity contribution >= 4 is 17.4 Å². The van der Waals surface area contributed by atoms with E-state index in [1.165, 1.54) is 29.0 Å². The second kappa shape index (κ2) is 9.88. The van der Waals surface area contributed by atoms with Crippen LogP contribution in [-0.4, -0.2) is 35.3 Å². The van der Waals surface area contributed by atoms with E-state index >= 15 is 0 Å². The molecule has 5 nitrogen and oxygen atoms in total. The van der Waals surface area contributed by atoms with E-state index in [1.807, 2.05) is 25.3 Å². The van der Waals surface area contributed by atoms with Crippen LogP contribution >= 0.6 is 11.3 Å². The van der Waals surface area contributed by atoms with E-state index in [0.717, 1.165) is 41.6 Å². The Bertz CT molecular complexity index is 1170. The van der Waals surface area contributed by atoms with Gasteiger partial charge in [0.25, 0.3) is 0 Å². The number of hydrogen-bond acceptors (Lipinski definition) is 3. The Morgan fingerprint density at radius 2 is 1.97 bits per heavy atom. The number of thiophene rings is 1. The number of urea groups is 1. The number of hydrogen-bond donors (Lipinski definition) is 1. The molecule has 0 saturated carbocycles. The van der Waals surface area contributed by atoms with Crippen LogP contribution in [0.3, 0.4) is 0 Å². The number of aromatic nitrogens is 1. The van der Waals surface area contributed by atoms with E-state index in [0.29, 0.717) is 38.3 Å². The SMILES string of the molecule is CCOCCCNC(=O)N1Cc2c(sc3c2CCCC3)-n2cccc2[C@H]1c1cc(F)cc(F)c1. The van der Waals surface area contributed by atoms with E-state index in [-0.39, 0.29) is 6.03 Å². The van der Waals surface area contributed by atoms with E-state index in [2.05, 4.69) is 9.88 Å². The van der Waals surface area contributed by atoms with Crippen molar-refractivity contribution in [2.75, 3.05) is 19.8 Å². The number of halogens is 2. The summed E-state index contributed by atoms with van der Waals surface area (Å²) in [6, 6.07) is 6.53. The second-order valence-electron chi connectivity index (χ2n) is 8.81. The molecular formula is C26H29F2N3O2S. The molecule has 1 aliphatic heterocycles. The Balaban J connectivity index is 1.57. The van der Waals surface area contributed by atoms with Crippen molar-refractivity contribution in [1.29, 1.82) is 0 Å². The molecule has 2 aliphatic rings. The highest BCUT2D eigenvalue weighted by Gasteiger charge is 2.36. The van der Waals surface area contributed by atoms with E-state index in [1.54, 1.807) is 16.2 Å². The third-order valence-corrected chi connectivity index (χ3v) is 7.92. The van der Waals surface area contributed by atoms with Crippen molar-refractivity contribution in [2.24, 2.45) is 0 Å². The lowest BCUT2D eigenvalue weighted by molar-refractivity contribution is 0.143. The highest BCUT2D eigenvalue weighted by atomic mass is 32.1. The van der Waals surface area contributed by atoms with Gasteiger partial charge in [-0.15, -0.1) is 11.3 Å². The molecule has 2 amide bonds. The molecule has 5 rings (SSSR count). The summed E-state index contributed by atoms with van der Waals surface area (Å²) in [5.41, 5.74) is 3.74. The largest absolute Gasteiger partial charge is 0.382 e. The summed E-state index contributed by atoms with van der Waals surface area (Å²) in [6.07, 6.45) is 7.06.